The van der Waals surface area contributed by atoms with Crippen molar-refractivity contribution in [2.45, 2.75) is 12.8 Å². The minimum Gasteiger partial charge on any atom is -0.204 e. The molecule has 12 heteroatoms. The standard InChI is InChI=1S/C13H2Cl2F8S2/c14-13(15,24-11-7(20)3(16)1-4(17)8(11)21)25-12-9(22)5(18)2-6(19)10(12)23/h1-2H. The van der Waals surface area contributed by atoms with Crippen LogP contribution in [0.2, 0.25) is 0 Å². The van der Waals surface area contributed by atoms with Crippen molar-refractivity contribution < 1.29 is 35.1 Å². The van der Waals surface area contributed by atoms with Gasteiger partial charge in [0.1, 0.15) is 0 Å². The normalized spacial score (nSPS) is 11.9. The fourth-order valence-electron chi connectivity index (χ4n) is 1.54. The van der Waals surface area contributed by atoms with E-state index in [4.69, 9.17) is 23.2 Å². The van der Waals surface area contributed by atoms with E-state index in [1.54, 1.807) is 0 Å². The number of halogens is 10. The molecule has 0 radical (unpaired) electrons. The van der Waals surface area contributed by atoms with Crippen LogP contribution in [0.1, 0.15) is 0 Å². The van der Waals surface area contributed by atoms with Gasteiger partial charge in [-0.05, 0) is 0 Å². The molecule has 0 N–H and O–H groups in total. The summed E-state index contributed by atoms with van der Waals surface area (Å²) in [7, 11) is 0. The molecule has 0 aromatic heterocycles. The number of alkyl halides is 2. The summed E-state index contributed by atoms with van der Waals surface area (Å²) in [6.45, 7) is 0. The van der Waals surface area contributed by atoms with Crippen LogP contribution in [-0.2, 0) is 0 Å². The summed E-state index contributed by atoms with van der Waals surface area (Å²) in [6.07, 6.45) is 0. The van der Waals surface area contributed by atoms with Gasteiger partial charge in [-0.2, -0.15) is 0 Å². The van der Waals surface area contributed by atoms with Gasteiger partial charge >= 0.3 is 0 Å². The van der Waals surface area contributed by atoms with Crippen LogP contribution in [0.4, 0.5) is 35.1 Å². The smallest absolute Gasteiger partial charge is 0.204 e. The van der Waals surface area contributed by atoms with E-state index in [2.05, 4.69) is 0 Å². The Bertz CT molecular complexity index is 724. The third-order valence-electron chi connectivity index (χ3n) is 2.58. The van der Waals surface area contributed by atoms with Crippen LogP contribution >= 0.6 is 46.7 Å². The van der Waals surface area contributed by atoms with Crippen molar-refractivity contribution in [2.24, 2.45) is 0 Å². The summed E-state index contributed by atoms with van der Waals surface area (Å²) in [4.78, 5) is -2.65. The van der Waals surface area contributed by atoms with Crippen LogP contribution < -0.4 is 0 Å². The highest BCUT2D eigenvalue weighted by Crippen LogP contribution is 2.54. The lowest BCUT2D eigenvalue weighted by Crippen LogP contribution is -2.08. The Labute approximate surface area is 153 Å². The Kier molecular flexibility index (Phi) is 6.07. The molecule has 136 valence electrons. The second kappa shape index (κ2) is 7.42. The van der Waals surface area contributed by atoms with Crippen molar-refractivity contribution in [1.82, 2.24) is 0 Å². The first-order valence-corrected chi connectivity index (χ1v) is 8.25. The highest BCUT2D eigenvalue weighted by molar-refractivity contribution is 8.22. The Hall–Kier alpha value is -0.840. The molecule has 0 aliphatic carbocycles. The van der Waals surface area contributed by atoms with E-state index in [1.807, 2.05) is 0 Å². The Morgan fingerprint density at radius 2 is 0.800 bits per heavy atom. The van der Waals surface area contributed by atoms with Gasteiger partial charge in [-0.3, -0.25) is 0 Å². The minimum absolute atomic E-state index is 0.0761. The maximum absolute atomic E-state index is 13.6. The Morgan fingerprint density at radius 1 is 0.560 bits per heavy atom. The van der Waals surface area contributed by atoms with Gasteiger partial charge < -0.3 is 0 Å². The minimum atomic E-state index is -2.61. The van der Waals surface area contributed by atoms with E-state index in [-0.39, 0.29) is 35.7 Å². The molecule has 0 heterocycles. The molecule has 2 rings (SSSR count). The molecule has 2 aromatic rings. The zero-order valence-corrected chi connectivity index (χ0v) is 14.4. The number of hydrogen-bond acceptors (Lipinski definition) is 2. The van der Waals surface area contributed by atoms with Crippen molar-refractivity contribution in [1.29, 1.82) is 0 Å². The van der Waals surface area contributed by atoms with Crippen LogP contribution in [0, 0.1) is 46.5 Å². The van der Waals surface area contributed by atoms with Crippen molar-refractivity contribution >= 4 is 46.7 Å². The van der Waals surface area contributed by atoms with Gasteiger partial charge in [-0.1, -0.05) is 46.7 Å². The maximum Gasteiger partial charge on any atom is 0.218 e. The van der Waals surface area contributed by atoms with Gasteiger partial charge in [0.15, 0.2) is 46.5 Å². The van der Waals surface area contributed by atoms with Gasteiger partial charge in [0, 0.05) is 12.1 Å². The molecule has 0 bridgehead atoms. The summed E-state index contributed by atoms with van der Waals surface area (Å²) in [6, 6.07) is -0.152. The lowest BCUT2D eigenvalue weighted by Gasteiger charge is -2.20. The molecule has 0 spiro atoms. The van der Waals surface area contributed by atoms with Crippen LogP contribution in [-0.4, -0.2) is 3.00 Å². The van der Waals surface area contributed by atoms with E-state index in [9.17, 15) is 35.1 Å². The van der Waals surface area contributed by atoms with E-state index in [0.29, 0.717) is 0 Å². The van der Waals surface area contributed by atoms with Crippen LogP contribution in [0.5, 0.6) is 0 Å². The molecule has 0 aliphatic rings. The van der Waals surface area contributed by atoms with Crippen LogP contribution in [0.25, 0.3) is 0 Å². The van der Waals surface area contributed by atoms with Gasteiger partial charge in [-0.15, -0.1) is 0 Å². The SMILES string of the molecule is Fc1cc(F)c(F)c(SC(Cl)(Cl)Sc2c(F)c(F)cc(F)c2F)c1F. The van der Waals surface area contributed by atoms with E-state index >= 15 is 0 Å². The number of thioether (sulfide) groups is 2. The van der Waals surface area contributed by atoms with E-state index < -0.39 is 59.3 Å². The fraction of sp³-hybridized carbons (Fsp3) is 0.0769. The van der Waals surface area contributed by atoms with Crippen LogP contribution in [0.3, 0.4) is 0 Å². The quantitative estimate of drug-likeness (QED) is 0.168. The van der Waals surface area contributed by atoms with Gasteiger partial charge in [0.05, 0.1) is 9.79 Å². The number of hydrogen-bond donors (Lipinski definition) is 0. The second-order valence-electron chi connectivity index (χ2n) is 4.26. The topological polar surface area (TPSA) is 0 Å². The predicted molar refractivity (Wildman–Crippen MR) is 78.7 cm³/mol. The molecule has 0 nitrogen and oxygen atoms in total. The summed E-state index contributed by atoms with van der Waals surface area (Å²) in [5.41, 5.74) is 0. The van der Waals surface area contributed by atoms with Crippen molar-refractivity contribution in [3.63, 3.8) is 0 Å². The Balaban J connectivity index is 2.43. The zero-order valence-electron chi connectivity index (χ0n) is 11.3. The highest BCUT2D eigenvalue weighted by Gasteiger charge is 2.35. The first-order valence-electron chi connectivity index (χ1n) is 5.86. The molecular weight excluding hydrogens is 443 g/mol. The van der Waals surface area contributed by atoms with Crippen molar-refractivity contribution in [2.75, 3.05) is 0 Å². The largest absolute Gasteiger partial charge is 0.218 e. The fourth-order valence-corrected chi connectivity index (χ4v) is 4.36. The average Bonchev–Trinajstić information content (AvgIpc) is 2.52. The summed E-state index contributed by atoms with van der Waals surface area (Å²) in [5, 5.41) is 0. The van der Waals surface area contributed by atoms with Gasteiger partial charge in [0.2, 0.25) is 3.00 Å². The zero-order chi connectivity index (χ0) is 19.1. The molecule has 0 unspecified atom stereocenters. The lowest BCUT2D eigenvalue weighted by atomic mass is 10.3. The average molecular weight is 445 g/mol. The molecule has 25 heavy (non-hydrogen) atoms. The molecular formula is C13H2Cl2F8S2. The monoisotopic (exact) mass is 444 g/mol. The van der Waals surface area contributed by atoms with E-state index in [0.717, 1.165) is 0 Å². The summed E-state index contributed by atoms with van der Waals surface area (Å²) >= 11 is 10.7. The molecule has 0 saturated carbocycles. The summed E-state index contributed by atoms with van der Waals surface area (Å²) < 4.78 is 104. The van der Waals surface area contributed by atoms with Crippen molar-refractivity contribution in [3.8, 4) is 0 Å². The molecule has 0 amide bonds. The predicted octanol–water partition coefficient (Wildman–Crippen LogP) is 6.77. The molecule has 0 saturated heterocycles. The molecule has 0 atom stereocenters. The maximum atomic E-state index is 13.6. The number of rotatable bonds is 4. The first kappa shape index (κ1) is 20.5. The third kappa shape index (κ3) is 4.29. The van der Waals surface area contributed by atoms with Gasteiger partial charge in [0.25, 0.3) is 0 Å². The number of benzene rings is 2. The first-order chi connectivity index (χ1) is 11.4. The van der Waals surface area contributed by atoms with E-state index in [1.165, 1.54) is 0 Å². The third-order valence-corrected chi connectivity index (χ3v) is 5.61. The second-order valence-corrected chi connectivity index (χ2v) is 9.19. The lowest BCUT2D eigenvalue weighted by molar-refractivity contribution is 0.425. The summed E-state index contributed by atoms with van der Waals surface area (Å²) in [5.74, 6) is -14.5. The molecule has 0 aliphatic heterocycles. The van der Waals surface area contributed by atoms with Crippen LogP contribution in [0.15, 0.2) is 21.9 Å². The highest BCUT2D eigenvalue weighted by atomic mass is 35.5. The molecule has 2 aromatic carbocycles. The molecule has 0 fully saturated rings. The van der Waals surface area contributed by atoms with Crippen molar-refractivity contribution in [3.05, 3.63) is 58.7 Å². The Morgan fingerprint density at radius 3 is 1.04 bits per heavy atom. The van der Waals surface area contributed by atoms with Gasteiger partial charge in [-0.25, -0.2) is 35.1 Å².